The Labute approximate surface area is 195 Å². The van der Waals surface area contributed by atoms with Crippen molar-refractivity contribution in [2.24, 2.45) is 11.8 Å². The van der Waals surface area contributed by atoms with E-state index in [2.05, 4.69) is 18.1 Å². The van der Waals surface area contributed by atoms with Crippen LogP contribution in [0.2, 0.25) is 0 Å². The molecule has 1 atom stereocenters. The normalized spacial score (nSPS) is 18.2. The summed E-state index contributed by atoms with van der Waals surface area (Å²) in [6, 6.07) is 10.6. The largest absolute Gasteiger partial charge is 0.493 e. The monoisotopic (exact) mass is 452 g/mol. The molecule has 1 aliphatic heterocycles. The first kappa shape index (κ1) is 24.5. The molecule has 0 radical (unpaired) electrons. The molecule has 0 saturated carbocycles. The fraction of sp³-hybridized carbons (Fsp3) is 0.423. The highest BCUT2D eigenvalue weighted by molar-refractivity contribution is 6.02. The summed E-state index contributed by atoms with van der Waals surface area (Å²) >= 11 is 0. The Balaban J connectivity index is 0.00000149. The summed E-state index contributed by atoms with van der Waals surface area (Å²) in [6.45, 7) is 8.62. The molecule has 0 aromatic heterocycles. The molecule has 0 N–H and O–H groups in total. The maximum atomic E-state index is 13.0. The zero-order valence-corrected chi connectivity index (χ0v) is 19.4. The summed E-state index contributed by atoms with van der Waals surface area (Å²) in [5, 5.41) is 11.0. The average molecular weight is 453 g/mol. The van der Waals surface area contributed by atoms with Gasteiger partial charge in [-0.2, -0.15) is 0 Å². The van der Waals surface area contributed by atoms with E-state index >= 15 is 0 Å². The summed E-state index contributed by atoms with van der Waals surface area (Å²) in [7, 11) is 3.20. The lowest BCUT2D eigenvalue weighted by Gasteiger charge is -2.32. The average Bonchev–Trinajstić information content (AvgIpc) is 3.14. The van der Waals surface area contributed by atoms with Gasteiger partial charge in [0.1, 0.15) is 0 Å². The minimum atomic E-state index is -0.350. The molecule has 2 aliphatic rings. The topological polar surface area (TPSA) is 81.9 Å². The number of carbonyl (C=O) groups excluding carboxylic acids is 1. The number of ketones is 1. The molecule has 1 heterocycles. The van der Waals surface area contributed by atoms with Crippen molar-refractivity contribution in [3.63, 3.8) is 0 Å². The Morgan fingerprint density at radius 1 is 1.09 bits per heavy atom. The Hall–Kier alpha value is -3.19. The first-order valence-corrected chi connectivity index (χ1v) is 11.2. The van der Waals surface area contributed by atoms with Gasteiger partial charge in [0.05, 0.1) is 19.1 Å². The van der Waals surface area contributed by atoms with Gasteiger partial charge in [-0.15, -0.1) is 13.2 Å². The second kappa shape index (κ2) is 11.1. The molecule has 1 unspecified atom stereocenters. The van der Waals surface area contributed by atoms with Gasteiger partial charge in [-0.05, 0) is 68.0 Å². The molecule has 7 nitrogen and oxygen atoms in total. The molecule has 2 aromatic carbocycles. The number of benzene rings is 2. The van der Waals surface area contributed by atoms with Crippen LogP contribution in [-0.4, -0.2) is 42.9 Å². The minimum Gasteiger partial charge on any atom is -0.493 e. The highest BCUT2D eigenvalue weighted by Gasteiger charge is 2.34. The first-order valence-electron chi connectivity index (χ1n) is 11.2. The first-order chi connectivity index (χ1) is 16.0. The van der Waals surface area contributed by atoms with E-state index in [1.165, 1.54) is 6.07 Å². The summed E-state index contributed by atoms with van der Waals surface area (Å²) in [6.07, 6.45) is 3.76. The van der Waals surface area contributed by atoms with Crippen molar-refractivity contribution in [1.82, 2.24) is 4.90 Å². The van der Waals surface area contributed by atoms with Gasteiger partial charge < -0.3 is 9.47 Å². The molecule has 4 rings (SSSR count). The second-order valence-corrected chi connectivity index (χ2v) is 8.51. The SMILES string of the molecule is C=C.COc1cc2c(cc1OC)C(=O)C(CC1CCN(Cc3cccc([N+](=O)[O-])c3)CC1)C2. The number of hydrogen-bond donors (Lipinski definition) is 0. The van der Waals surface area contributed by atoms with Crippen LogP contribution < -0.4 is 9.47 Å². The molecule has 7 heteroatoms. The number of hydrogen-bond acceptors (Lipinski definition) is 6. The molecule has 1 saturated heterocycles. The van der Waals surface area contributed by atoms with Crippen LogP contribution in [0.5, 0.6) is 11.5 Å². The fourth-order valence-corrected chi connectivity index (χ4v) is 4.90. The number of nitrogens with zero attached hydrogens (tertiary/aromatic N) is 2. The van der Waals surface area contributed by atoms with Crippen molar-refractivity contribution < 1.29 is 19.2 Å². The summed E-state index contributed by atoms with van der Waals surface area (Å²) < 4.78 is 10.7. The maximum absolute atomic E-state index is 13.0. The summed E-state index contributed by atoms with van der Waals surface area (Å²) in [4.78, 5) is 25.9. The molecule has 1 aliphatic carbocycles. The lowest BCUT2D eigenvalue weighted by Crippen LogP contribution is -2.34. The van der Waals surface area contributed by atoms with E-state index in [9.17, 15) is 14.9 Å². The lowest BCUT2D eigenvalue weighted by atomic mass is 9.85. The number of ether oxygens (including phenoxy) is 2. The molecular weight excluding hydrogens is 420 g/mol. The molecule has 1 fully saturated rings. The van der Waals surface area contributed by atoms with Crippen LogP contribution in [0.15, 0.2) is 49.6 Å². The maximum Gasteiger partial charge on any atom is 0.269 e. The van der Waals surface area contributed by atoms with E-state index in [1.54, 1.807) is 26.4 Å². The third-order valence-corrected chi connectivity index (χ3v) is 6.56. The lowest BCUT2D eigenvalue weighted by molar-refractivity contribution is -0.384. The predicted octanol–water partition coefficient (Wildman–Crippen LogP) is 5.07. The Morgan fingerprint density at radius 3 is 2.39 bits per heavy atom. The number of rotatable bonds is 7. The van der Waals surface area contributed by atoms with Crippen LogP contribution in [0.3, 0.4) is 0 Å². The van der Waals surface area contributed by atoms with E-state index in [4.69, 9.17) is 9.47 Å². The van der Waals surface area contributed by atoms with Crippen LogP contribution >= 0.6 is 0 Å². The smallest absolute Gasteiger partial charge is 0.269 e. The number of likely N-dealkylation sites (tertiary alicyclic amines) is 1. The Morgan fingerprint density at radius 2 is 1.76 bits per heavy atom. The van der Waals surface area contributed by atoms with Crippen molar-refractivity contribution >= 4 is 11.5 Å². The van der Waals surface area contributed by atoms with E-state index in [0.717, 1.165) is 62.0 Å². The van der Waals surface area contributed by atoms with Crippen molar-refractivity contribution in [1.29, 1.82) is 0 Å². The number of Topliss-reactive ketones (excluding diaryl/α,β-unsaturated/α-hetero) is 1. The van der Waals surface area contributed by atoms with Crippen LogP contribution in [0.1, 0.15) is 40.7 Å². The fourth-order valence-electron chi connectivity index (χ4n) is 4.90. The molecule has 2 aromatic rings. The number of carbonyl (C=O) groups is 1. The van der Waals surface area contributed by atoms with Crippen LogP contribution in [0.4, 0.5) is 5.69 Å². The van der Waals surface area contributed by atoms with E-state index in [1.807, 2.05) is 18.2 Å². The molecule has 33 heavy (non-hydrogen) atoms. The van der Waals surface area contributed by atoms with Gasteiger partial charge in [-0.3, -0.25) is 19.8 Å². The molecule has 0 amide bonds. The van der Waals surface area contributed by atoms with Gasteiger partial charge in [0.15, 0.2) is 17.3 Å². The number of fused-ring (bicyclic) bond motifs is 1. The van der Waals surface area contributed by atoms with Crippen LogP contribution in [0, 0.1) is 22.0 Å². The van der Waals surface area contributed by atoms with E-state index in [-0.39, 0.29) is 22.3 Å². The highest BCUT2D eigenvalue weighted by Crippen LogP contribution is 2.39. The van der Waals surface area contributed by atoms with Crippen molar-refractivity contribution in [3.8, 4) is 11.5 Å². The summed E-state index contributed by atoms with van der Waals surface area (Å²) in [5.74, 6) is 2.04. The number of methoxy groups -OCH3 is 2. The molecule has 0 spiro atoms. The quantitative estimate of drug-likeness (QED) is 0.331. The van der Waals surface area contributed by atoms with E-state index in [0.29, 0.717) is 17.4 Å². The van der Waals surface area contributed by atoms with Gasteiger partial charge in [0.2, 0.25) is 0 Å². The van der Waals surface area contributed by atoms with Gasteiger partial charge in [0, 0.05) is 30.2 Å². The standard InChI is InChI=1S/C24H28N2O5.C2H4/c1-30-22-13-18-12-19(24(27)21(18)14-23(22)31-2)10-16-6-8-25(9-7-16)15-17-4-3-5-20(11-17)26(28)29;1-2/h3-5,11,13-14,16,19H,6-10,12,15H2,1-2H3;1-2H2. The van der Waals surface area contributed by atoms with Crippen molar-refractivity contribution in [2.45, 2.75) is 32.2 Å². The highest BCUT2D eigenvalue weighted by atomic mass is 16.6. The zero-order valence-electron chi connectivity index (χ0n) is 19.4. The Kier molecular flexibility index (Phi) is 8.22. The van der Waals surface area contributed by atoms with Gasteiger partial charge >= 0.3 is 0 Å². The number of nitro groups is 1. The minimum absolute atomic E-state index is 0.0279. The van der Waals surface area contributed by atoms with Crippen LogP contribution in [-0.2, 0) is 13.0 Å². The number of piperidine rings is 1. The second-order valence-electron chi connectivity index (χ2n) is 8.51. The number of non-ortho nitro benzene ring substituents is 1. The summed E-state index contributed by atoms with van der Waals surface area (Å²) in [5.41, 5.74) is 2.93. The predicted molar refractivity (Wildman–Crippen MR) is 128 cm³/mol. The third-order valence-electron chi connectivity index (χ3n) is 6.56. The Bertz CT molecular complexity index is 998. The number of nitro benzene ring substituents is 1. The zero-order chi connectivity index (χ0) is 24.0. The van der Waals surface area contributed by atoms with Crippen molar-refractivity contribution in [2.75, 3.05) is 27.3 Å². The molecule has 176 valence electrons. The van der Waals surface area contributed by atoms with Gasteiger partial charge in [-0.25, -0.2) is 0 Å². The molecule has 0 bridgehead atoms. The van der Waals surface area contributed by atoms with Crippen LogP contribution in [0.25, 0.3) is 0 Å². The third kappa shape index (κ3) is 5.60. The van der Waals surface area contributed by atoms with Gasteiger partial charge in [-0.1, -0.05) is 12.1 Å². The van der Waals surface area contributed by atoms with E-state index < -0.39 is 0 Å². The van der Waals surface area contributed by atoms with Crippen molar-refractivity contribution in [3.05, 3.63) is 76.4 Å². The molecular formula is C26H32N2O5. The van der Waals surface area contributed by atoms with Gasteiger partial charge in [0.25, 0.3) is 5.69 Å².